The summed E-state index contributed by atoms with van der Waals surface area (Å²) >= 11 is 0. The molecule has 2 aliphatic rings. The summed E-state index contributed by atoms with van der Waals surface area (Å²) in [4.78, 5) is 22.0. The lowest BCUT2D eigenvalue weighted by molar-refractivity contribution is 0.0999. The van der Waals surface area contributed by atoms with E-state index in [9.17, 15) is 4.79 Å². The van der Waals surface area contributed by atoms with E-state index in [0.29, 0.717) is 12.8 Å². The van der Waals surface area contributed by atoms with Crippen LogP contribution >= 0.6 is 0 Å². The quantitative estimate of drug-likeness (QED) is 0.715. The maximum atomic E-state index is 15.5. The highest BCUT2D eigenvalue weighted by Gasteiger charge is 2.45. The van der Waals surface area contributed by atoms with Crippen LogP contribution in [0.3, 0.4) is 0 Å². The van der Waals surface area contributed by atoms with Gasteiger partial charge >= 0.3 is 0 Å². The molecule has 1 saturated carbocycles. The molecular weight excluding hydrogens is 355 g/mol. The molecule has 10 heteroatoms. The molecule has 1 aromatic rings. The van der Waals surface area contributed by atoms with Gasteiger partial charge in [0.15, 0.2) is 17.3 Å². The Morgan fingerprint density at radius 1 is 1.22 bits per heavy atom. The van der Waals surface area contributed by atoms with E-state index >= 15 is 4.39 Å². The Kier molecular flexibility index (Phi) is 4.81. The molecule has 3 rings (SSSR count). The van der Waals surface area contributed by atoms with Crippen molar-refractivity contribution in [3.63, 3.8) is 0 Å². The Morgan fingerprint density at radius 3 is 2.44 bits per heavy atom. The van der Waals surface area contributed by atoms with Gasteiger partial charge < -0.3 is 26.7 Å². The molecule has 1 aliphatic heterocycles. The van der Waals surface area contributed by atoms with E-state index < -0.39 is 17.4 Å². The summed E-state index contributed by atoms with van der Waals surface area (Å²) in [6.07, 6.45) is 3.87. The average Bonchev–Trinajstić information content (AvgIpc) is 2.62. The van der Waals surface area contributed by atoms with Crippen molar-refractivity contribution in [2.75, 3.05) is 19.1 Å². The van der Waals surface area contributed by atoms with Crippen molar-refractivity contribution in [3.8, 4) is 11.5 Å². The second-order valence-electron chi connectivity index (χ2n) is 6.51. The summed E-state index contributed by atoms with van der Waals surface area (Å²) in [7, 11) is 2.64. The standard InChI is InChI=1S/C17H23FN6O3/c1-26-10-8-9(14(19)25)12(11(18)13(10)27-2)24-16(21)22-15(20)23-17(24)6-4-3-5-7-17/h8H,3-7H2,1-2H3,(H2,19,25)(H4,20,21,22,23). The van der Waals surface area contributed by atoms with Gasteiger partial charge in [0.1, 0.15) is 5.66 Å². The molecule has 0 radical (unpaired) electrons. The number of hydrogen-bond acceptors (Lipinski definition) is 8. The summed E-state index contributed by atoms with van der Waals surface area (Å²) < 4.78 is 25.8. The van der Waals surface area contributed by atoms with Gasteiger partial charge in [0.25, 0.3) is 5.91 Å². The number of primary amides is 1. The Labute approximate surface area is 156 Å². The molecule has 1 spiro atoms. The normalized spacial score (nSPS) is 18.7. The van der Waals surface area contributed by atoms with E-state index in [0.717, 1.165) is 19.3 Å². The predicted molar refractivity (Wildman–Crippen MR) is 99.6 cm³/mol. The number of halogens is 1. The fourth-order valence-electron chi connectivity index (χ4n) is 3.79. The molecule has 27 heavy (non-hydrogen) atoms. The average molecular weight is 378 g/mol. The minimum atomic E-state index is -0.932. The number of nitrogens with two attached hydrogens (primary N) is 3. The van der Waals surface area contributed by atoms with Crippen molar-refractivity contribution in [1.82, 2.24) is 0 Å². The minimum absolute atomic E-state index is 0.0205. The molecule has 146 valence electrons. The van der Waals surface area contributed by atoms with Gasteiger partial charge in [-0.25, -0.2) is 9.38 Å². The molecular formula is C17H23FN6O3. The number of carbonyl (C=O) groups excluding carboxylic acids is 1. The van der Waals surface area contributed by atoms with Crippen LogP contribution in [0, 0.1) is 5.82 Å². The van der Waals surface area contributed by atoms with Crippen molar-refractivity contribution in [1.29, 1.82) is 0 Å². The Hall–Kier alpha value is -3.04. The van der Waals surface area contributed by atoms with E-state index in [-0.39, 0.29) is 34.7 Å². The largest absolute Gasteiger partial charge is 0.493 e. The first-order valence-electron chi connectivity index (χ1n) is 8.58. The second kappa shape index (κ2) is 6.93. The smallest absolute Gasteiger partial charge is 0.251 e. The first-order chi connectivity index (χ1) is 12.8. The first kappa shape index (κ1) is 18.7. The van der Waals surface area contributed by atoms with Gasteiger partial charge in [0.2, 0.25) is 11.9 Å². The Balaban J connectivity index is 2.30. The summed E-state index contributed by atoms with van der Waals surface area (Å²) in [5.74, 6) is -1.83. The van der Waals surface area contributed by atoms with Crippen LogP contribution in [0.2, 0.25) is 0 Å². The first-order valence-corrected chi connectivity index (χ1v) is 8.58. The number of anilines is 1. The lowest BCUT2D eigenvalue weighted by Gasteiger charge is -2.46. The van der Waals surface area contributed by atoms with E-state index in [2.05, 4.69) is 9.98 Å². The lowest BCUT2D eigenvalue weighted by Crippen LogP contribution is -2.59. The number of guanidine groups is 2. The molecule has 0 aromatic heterocycles. The van der Waals surface area contributed by atoms with Crippen LogP contribution in [0.15, 0.2) is 16.1 Å². The number of rotatable bonds is 4. The zero-order valence-electron chi connectivity index (χ0n) is 15.3. The van der Waals surface area contributed by atoms with E-state index in [4.69, 9.17) is 26.7 Å². The maximum absolute atomic E-state index is 15.5. The van der Waals surface area contributed by atoms with E-state index in [1.807, 2.05) is 0 Å². The highest BCUT2D eigenvalue weighted by atomic mass is 19.1. The molecule has 6 N–H and O–H groups in total. The van der Waals surface area contributed by atoms with Crippen LogP contribution in [-0.4, -0.2) is 37.7 Å². The number of nitrogens with zero attached hydrogens (tertiary/aromatic N) is 3. The number of amides is 1. The zero-order valence-corrected chi connectivity index (χ0v) is 15.3. The third-order valence-corrected chi connectivity index (χ3v) is 4.93. The van der Waals surface area contributed by atoms with E-state index in [1.54, 1.807) is 0 Å². The number of methoxy groups -OCH3 is 2. The molecule has 0 saturated heterocycles. The number of benzene rings is 1. The molecule has 0 atom stereocenters. The SMILES string of the molecule is COc1cc(C(N)=O)c(N2C(N)=NC(N)=NC23CCCCC3)c(F)c1OC. The van der Waals surface area contributed by atoms with Crippen LogP contribution < -0.4 is 31.6 Å². The van der Waals surface area contributed by atoms with Crippen molar-refractivity contribution in [3.05, 3.63) is 17.4 Å². The van der Waals surface area contributed by atoms with Crippen molar-refractivity contribution < 1.29 is 18.7 Å². The molecule has 1 amide bonds. The topological polar surface area (TPSA) is 142 Å². The van der Waals surface area contributed by atoms with Gasteiger partial charge in [-0.1, -0.05) is 6.42 Å². The minimum Gasteiger partial charge on any atom is -0.493 e. The van der Waals surface area contributed by atoms with Gasteiger partial charge in [0.05, 0.1) is 25.5 Å². The number of aliphatic imine (C=N–C) groups is 2. The van der Waals surface area contributed by atoms with Gasteiger partial charge in [-0.15, -0.1) is 0 Å². The van der Waals surface area contributed by atoms with Gasteiger partial charge in [0, 0.05) is 0 Å². The molecule has 1 fully saturated rings. The fraction of sp³-hybridized carbons (Fsp3) is 0.471. The number of carbonyl (C=O) groups is 1. The third-order valence-electron chi connectivity index (χ3n) is 4.93. The Morgan fingerprint density at radius 2 is 1.89 bits per heavy atom. The number of hydrogen-bond donors (Lipinski definition) is 3. The summed E-state index contributed by atoms with van der Waals surface area (Å²) in [6, 6.07) is 1.32. The maximum Gasteiger partial charge on any atom is 0.251 e. The van der Waals surface area contributed by atoms with Gasteiger partial charge in [-0.2, -0.15) is 4.99 Å². The predicted octanol–water partition coefficient (Wildman–Crippen LogP) is 1.05. The monoisotopic (exact) mass is 378 g/mol. The van der Waals surface area contributed by atoms with E-state index in [1.165, 1.54) is 25.2 Å². The number of ether oxygens (including phenoxy) is 2. The Bertz CT molecular complexity index is 832. The van der Waals surface area contributed by atoms with Gasteiger partial charge in [-0.3, -0.25) is 9.69 Å². The van der Waals surface area contributed by atoms with Crippen LogP contribution in [-0.2, 0) is 0 Å². The van der Waals surface area contributed by atoms with Crippen LogP contribution in [0.1, 0.15) is 42.5 Å². The second-order valence-corrected chi connectivity index (χ2v) is 6.51. The lowest BCUT2D eigenvalue weighted by atomic mass is 9.86. The summed E-state index contributed by atoms with van der Waals surface area (Å²) in [6.45, 7) is 0. The van der Waals surface area contributed by atoms with Crippen LogP contribution in [0.4, 0.5) is 10.1 Å². The molecule has 0 unspecified atom stereocenters. The zero-order chi connectivity index (χ0) is 19.8. The van der Waals surface area contributed by atoms with Crippen molar-refractivity contribution in [2.24, 2.45) is 27.2 Å². The highest BCUT2D eigenvalue weighted by Crippen LogP contribution is 2.45. The van der Waals surface area contributed by atoms with Crippen LogP contribution in [0.25, 0.3) is 0 Å². The summed E-state index contributed by atoms with van der Waals surface area (Å²) in [5, 5.41) is 0. The van der Waals surface area contributed by atoms with Crippen molar-refractivity contribution in [2.45, 2.75) is 37.8 Å². The van der Waals surface area contributed by atoms with Crippen LogP contribution in [0.5, 0.6) is 11.5 Å². The van der Waals surface area contributed by atoms with Crippen molar-refractivity contribution >= 4 is 23.5 Å². The molecule has 0 bridgehead atoms. The molecule has 1 heterocycles. The third kappa shape index (κ3) is 3.00. The van der Waals surface area contributed by atoms with Gasteiger partial charge in [-0.05, 0) is 31.7 Å². The fourth-order valence-corrected chi connectivity index (χ4v) is 3.79. The molecule has 1 aliphatic carbocycles. The molecule has 1 aromatic carbocycles. The summed E-state index contributed by atoms with van der Waals surface area (Å²) in [5.41, 5.74) is 16.3. The highest BCUT2D eigenvalue weighted by molar-refractivity contribution is 6.10. The molecule has 9 nitrogen and oxygen atoms in total.